The molecule has 5 nitrogen and oxygen atoms in total. The molecule has 0 radical (unpaired) electrons. The highest BCUT2D eigenvalue weighted by Gasteiger charge is 2.44. The molecule has 3 aliphatic rings. The maximum atomic E-state index is 12.6. The van der Waals surface area contributed by atoms with Gasteiger partial charge in [0.15, 0.2) is 0 Å². The summed E-state index contributed by atoms with van der Waals surface area (Å²) >= 11 is 0. The summed E-state index contributed by atoms with van der Waals surface area (Å²) in [5.74, 6) is 0.114. The lowest BCUT2D eigenvalue weighted by atomic mass is 9.84. The van der Waals surface area contributed by atoms with Crippen molar-refractivity contribution in [3.8, 4) is 0 Å². The Kier molecular flexibility index (Phi) is 3.54. The fourth-order valence-corrected chi connectivity index (χ4v) is 3.80. The molecule has 1 aromatic carbocycles. The van der Waals surface area contributed by atoms with Crippen molar-refractivity contribution in [1.82, 2.24) is 4.90 Å². The second-order valence-electron chi connectivity index (χ2n) is 6.64. The summed E-state index contributed by atoms with van der Waals surface area (Å²) in [6, 6.07) is 7.93. The first-order valence-electron chi connectivity index (χ1n) is 8.28. The van der Waals surface area contributed by atoms with Gasteiger partial charge in [-0.2, -0.15) is 0 Å². The van der Waals surface area contributed by atoms with Crippen LogP contribution in [0.5, 0.6) is 0 Å². The van der Waals surface area contributed by atoms with E-state index in [0.29, 0.717) is 6.10 Å². The molecule has 0 saturated carbocycles. The summed E-state index contributed by atoms with van der Waals surface area (Å²) in [7, 11) is 0. The standard InChI is InChI=1S/C17H23N3O2/c21-16-17(19-15-6-2-1-5-14(15)18-16)7-9-20(10-8-17)12-13-4-3-11-22-13/h1-2,5-6,13,19H,3-4,7-12H2,(H,18,21). The van der Waals surface area contributed by atoms with Crippen LogP contribution in [0.25, 0.3) is 0 Å². The number of fused-ring (bicyclic) bond motifs is 1. The molecule has 2 N–H and O–H groups in total. The van der Waals surface area contributed by atoms with E-state index in [-0.39, 0.29) is 5.91 Å². The predicted molar refractivity (Wildman–Crippen MR) is 86.1 cm³/mol. The summed E-state index contributed by atoms with van der Waals surface area (Å²) in [6.45, 7) is 3.81. The summed E-state index contributed by atoms with van der Waals surface area (Å²) in [4.78, 5) is 15.0. The van der Waals surface area contributed by atoms with Crippen LogP contribution in [0.3, 0.4) is 0 Å². The van der Waals surface area contributed by atoms with Crippen molar-refractivity contribution in [2.45, 2.75) is 37.3 Å². The number of para-hydroxylation sites is 2. The van der Waals surface area contributed by atoms with E-state index in [9.17, 15) is 4.79 Å². The minimum Gasteiger partial charge on any atom is -0.377 e. The molecule has 1 spiro atoms. The molecule has 4 rings (SSSR count). The van der Waals surface area contributed by atoms with Crippen LogP contribution in [-0.2, 0) is 9.53 Å². The molecule has 2 saturated heterocycles. The van der Waals surface area contributed by atoms with Crippen molar-refractivity contribution in [2.24, 2.45) is 0 Å². The van der Waals surface area contributed by atoms with Gasteiger partial charge in [-0.05, 0) is 37.8 Å². The van der Waals surface area contributed by atoms with Gasteiger partial charge in [0.2, 0.25) is 5.91 Å². The minimum atomic E-state index is -0.443. The number of nitrogens with zero attached hydrogens (tertiary/aromatic N) is 1. The third kappa shape index (κ3) is 2.48. The highest BCUT2D eigenvalue weighted by Crippen LogP contribution is 2.36. The molecule has 2 fully saturated rings. The normalized spacial score (nSPS) is 27.3. The number of piperidine rings is 1. The molecule has 1 amide bonds. The zero-order valence-corrected chi connectivity index (χ0v) is 12.8. The number of anilines is 2. The van der Waals surface area contributed by atoms with Gasteiger partial charge in [-0.15, -0.1) is 0 Å². The molecule has 1 atom stereocenters. The number of carbonyl (C=O) groups excluding carboxylic acids is 1. The number of hydrogen-bond donors (Lipinski definition) is 2. The number of rotatable bonds is 2. The van der Waals surface area contributed by atoms with Crippen LogP contribution in [0.2, 0.25) is 0 Å². The Labute approximate surface area is 131 Å². The molecule has 1 unspecified atom stereocenters. The maximum absolute atomic E-state index is 12.6. The summed E-state index contributed by atoms with van der Waals surface area (Å²) in [6.07, 6.45) is 4.44. The van der Waals surface area contributed by atoms with Crippen molar-refractivity contribution in [1.29, 1.82) is 0 Å². The first-order valence-corrected chi connectivity index (χ1v) is 8.28. The fourth-order valence-electron chi connectivity index (χ4n) is 3.80. The van der Waals surface area contributed by atoms with Gasteiger partial charge in [0.1, 0.15) is 5.54 Å². The Bertz CT molecular complexity index is 561. The maximum Gasteiger partial charge on any atom is 0.250 e. The van der Waals surface area contributed by atoms with E-state index in [1.807, 2.05) is 24.3 Å². The minimum absolute atomic E-state index is 0.114. The second-order valence-corrected chi connectivity index (χ2v) is 6.64. The Morgan fingerprint density at radius 3 is 2.73 bits per heavy atom. The second kappa shape index (κ2) is 5.56. The zero-order chi connectivity index (χ0) is 15.0. The SMILES string of the molecule is O=C1Nc2ccccc2NC12CCN(CC1CCCO1)CC2. The fraction of sp³-hybridized carbons (Fsp3) is 0.588. The van der Waals surface area contributed by atoms with Crippen molar-refractivity contribution >= 4 is 17.3 Å². The topological polar surface area (TPSA) is 53.6 Å². The van der Waals surface area contributed by atoms with Crippen molar-refractivity contribution < 1.29 is 9.53 Å². The summed E-state index contributed by atoms with van der Waals surface area (Å²) in [5, 5.41) is 6.57. The quantitative estimate of drug-likeness (QED) is 0.878. The number of benzene rings is 1. The number of nitrogens with one attached hydrogen (secondary N) is 2. The Balaban J connectivity index is 1.42. The van der Waals surface area contributed by atoms with Gasteiger partial charge in [0.05, 0.1) is 17.5 Å². The third-order valence-electron chi connectivity index (χ3n) is 5.18. The first-order chi connectivity index (χ1) is 10.8. The van der Waals surface area contributed by atoms with Gasteiger partial charge in [-0.25, -0.2) is 0 Å². The molecule has 3 aliphatic heterocycles. The molecule has 0 aromatic heterocycles. The summed E-state index contributed by atoms with van der Waals surface area (Å²) in [5.41, 5.74) is 1.48. The van der Waals surface area contributed by atoms with Gasteiger partial charge in [0.25, 0.3) is 0 Å². The summed E-state index contributed by atoms with van der Waals surface area (Å²) < 4.78 is 5.72. The largest absolute Gasteiger partial charge is 0.377 e. The highest BCUT2D eigenvalue weighted by molar-refractivity contribution is 6.06. The molecule has 22 heavy (non-hydrogen) atoms. The van der Waals surface area contributed by atoms with E-state index in [2.05, 4.69) is 15.5 Å². The van der Waals surface area contributed by atoms with E-state index < -0.39 is 5.54 Å². The van der Waals surface area contributed by atoms with E-state index in [4.69, 9.17) is 4.74 Å². The van der Waals surface area contributed by atoms with Crippen molar-refractivity contribution in [2.75, 3.05) is 36.9 Å². The number of hydrogen-bond acceptors (Lipinski definition) is 4. The third-order valence-corrected chi connectivity index (χ3v) is 5.18. The Morgan fingerprint density at radius 2 is 2.00 bits per heavy atom. The number of ether oxygens (including phenoxy) is 1. The molecular weight excluding hydrogens is 278 g/mol. The van der Waals surface area contributed by atoms with Crippen LogP contribution >= 0.6 is 0 Å². The van der Waals surface area contributed by atoms with Crippen molar-refractivity contribution in [3.63, 3.8) is 0 Å². The number of amides is 1. The monoisotopic (exact) mass is 301 g/mol. The van der Waals surface area contributed by atoms with Crippen LogP contribution in [0, 0.1) is 0 Å². The molecule has 118 valence electrons. The number of likely N-dealkylation sites (tertiary alicyclic amines) is 1. The van der Waals surface area contributed by atoms with Gasteiger partial charge in [-0.3, -0.25) is 4.79 Å². The Morgan fingerprint density at radius 1 is 1.23 bits per heavy atom. The van der Waals surface area contributed by atoms with Gasteiger partial charge in [-0.1, -0.05) is 12.1 Å². The molecule has 0 aliphatic carbocycles. The molecule has 0 bridgehead atoms. The molecular formula is C17H23N3O2. The van der Waals surface area contributed by atoms with Crippen LogP contribution in [0.1, 0.15) is 25.7 Å². The molecule has 3 heterocycles. The number of carbonyl (C=O) groups is 1. The average molecular weight is 301 g/mol. The van der Waals surface area contributed by atoms with E-state index in [1.54, 1.807) is 0 Å². The smallest absolute Gasteiger partial charge is 0.250 e. The molecule has 5 heteroatoms. The van der Waals surface area contributed by atoms with Crippen LogP contribution in [0.15, 0.2) is 24.3 Å². The van der Waals surface area contributed by atoms with Gasteiger partial charge in [0, 0.05) is 26.2 Å². The first kappa shape index (κ1) is 14.0. The lowest BCUT2D eigenvalue weighted by molar-refractivity contribution is -0.122. The van der Waals surface area contributed by atoms with E-state index >= 15 is 0 Å². The van der Waals surface area contributed by atoms with Crippen molar-refractivity contribution in [3.05, 3.63) is 24.3 Å². The van der Waals surface area contributed by atoms with Crippen LogP contribution < -0.4 is 10.6 Å². The Hall–Kier alpha value is -1.59. The highest BCUT2D eigenvalue weighted by atomic mass is 16.5. The van der Waals surface area contributed by atoms with E-state index in [0.717, 1.165) is 50.5 Å². The van der Waals surface area contributed by atoms with Gasteiger partial charge >= 0.3 is 0 Å². The predicted octanol–water partition coefficient (Wildman–Crippen LogP) is 2.06. The van der Waals surface area contributed by atoms with Crippen LogP contribution in [0.4, 0.5) is 11.4 Å². The lowest BCUT2D eigenvalue weighted by Crippen LogP contribution is -2.58. The molecule has 1 aromatic rings. The van der Waals surface area contributed by atoms with E-state index in [1.165, 1.54) is 12.8 Å². The lowest BCUT2D eigenvalue weighted by Gasteiger charge is -2.44. The van der Waals surface area contributed by atoms with Gasteiger partial charge < -0.3 is 20.3 Å². The van der Waals surface area contributed by atoms with Crippen LogP contribution in [-0.4, -0.2) is 48.7 Å². The zero-order valence-electron chi connectivity index (χ0n) is 12.8. The average Bonchev–Trinajstić information content (AvgIpc) is 3.04.